The van der Waals surface area contributed by atoms with Crippen molar-refractivity contribution in [2.75, 3.05) is 6.61 Å². The Balaban J connectivity index is 1.48. The van der Waals surface area contributed by atoms with Crippen molar-refractivity contribution in [2.45, 2.75) is 17.4 Å². The molecule has 1 aliphatic heterocycles. The van der Waals surface area contributed by atoms with Gasteiger partial charge in [0.25, 0.3) is 5.22 Å². The van der Waals surface area contributed by atoms with E-state index in [0.717, 1.165) is 40.7 Å². The van der Waals surface area contributed by atoms with E-state index in [9.17, 15) is 0 Å². The quantitative estimate of drug-likeness (QED) is 0.646. The molecule has 1 aromatic heterocycles. The lowest BCUT2D eigenvalue weighted by atomic mass is 10.1. The summed E-state index contributed by atoms with van der Waals surface area (Å²) in [5.41, 5.74) is 3.24. The minimum Gasteiger partial charge on any atom is -0.493 e. The maximum atomic E-state index is 5.99. The highest BCUT2D eigenvalue weighted by Crippen LogP contribution is 2.31. The minimum absolute atomic E-state index is 0.535. The highest BCUT2D eigenvalue weighted by molar-refractivity contribution is 7.98. The molecule has 3 aromatic rings. The molecule has 4 nitrogen and oxygen atoms in total. The van der Waals surface area contributed by atoms with E-state index in [1.54, 1.807) is 0 Å². The minimum atomic E-state index is 0.535. The van der Waals surface area contributed by atoms with Crippen LogP contribution in [-0.2, 0) is 12.2 Å². The van der Waals surface area contributed by atoms with Crippen molar-refractivity contribution < 1.29 is 9.15 Å². The molecule has 6 heteroatoms. The van der Waals surface area contributed by atoms with Gasteiger partial charge in [-0.1, -0.05) is 35.5 Å². The second-order valence-electron chi connectivity index (χ2n) is 5.21. The Morgan fingerprint density at radius 2 is 2.09 bits per heavy atom. The van der Waals surface area contributed by atoms with Gasteiger partial charge in [0.2, 0.25) is 5.89 Å². The molecule has 0 saturated heterocycles. The Labute approximate surface area is 142 Å². The molecule has 0 saturated carbocycles. The van der Waals surface area contributed by atoms with Crippen LogP contribution in [0, 0.1) is 0 Å². The SMILES string of the molecule is Clc1cccc(CSc2nnc(-c3ccc4c(c3)CCO4)o2)c1. The summed E-state index contributed by atoms with van der Waals surface area (Å²) in [5.74, 6) is 2.22. The van der Waals surface area contributed by atoms with Crippen molar-refractivity contribution in [1.82, 2.24) is 10.2 Å². The number of halogens is 1. The standard InChI is InChI=1S/C17H13ClN2O2S/c18-14-3-1-2-11(8-14)10-23-17-20-19-16(22-17)13-4-5-15-12(9-13)6-7-21-15/h1-5,8-9H,6-7,10H2. The van der Waals surface area contributed by atoms with Crippen molar-refractivity contribution in [3.05, 3.63) is 58.6 Å². The van der Waals surface area contributed by atoms with Crippen molar-refractivity contribution in [3.8, 4) is 17.2 Å². The molecule has 0 spiro atoms. The smallest absolute Gasteiger partial charge is 0.277 e. The third-order valence-corrected chi connectivity index (χ3v) is 4.72. The summed E-state index contributed by atoms with van der Waals surface area (Å²) >= 11 is 7.49. The fraction of sp³-hybridized carbons (Fsp3) is 0.176. The van der Waals surface area contributed by atoms with Gasteiger partial charge in [0.15, 0.2) is 0 Å². The van der Waals surface area contributed by atoms with E-state index in [-0.39, 0.29) is 0 Å². The molecular formula is C17H13ClN2O2S. The number of thioether (sulfide) groups is 1. The zero-order chi connectivity index (χ0) is 15.6. The van der Waals surface area contributed by atoms with E-state index >= 15 is 0 Å². The van der Waals surface area contributed by atoms with Crippen LogP contribution in [-0.4, -0.2) is 16.8 Å². The molecule has 0 atom stereocenters. The number of benzene rings is 2. The summed E-state index contributed by atoms with van der Waals surface area (Å²) in [5, 5.41) is 9.53. The molecule has 2 heterocycles. The van der Waals surface area contributed by atoms with E-state index in [1.807, 2.05) is 36.4 Å². The van der Waals surface area contributed by atoms with Gasteiger partial charge in [-0.25, -0.2) is 0 Å². The first kappa shape index (κ1) is 14.6. The number of fused-ring (bicyclic) bond motifs is 1. The summed E-state index contributed by atoms with van der Waals surface area (Å²) in [6.07, 6.45) is 0.924. The van der Waals surface area contributed by atoms with Crippen molar-refractivity contribution in [1.29, 1.82) is 0 Å². The maximum Gasteiger partial charge on any atom is 0.277 e. The lowest BCUT2D eigenvalue weighted by Gasteiger charge is -2.00. The summed E-state index contributed by atoms with van der Waals surface area (Å²) in [7, 11) is 0. The fourth-order valence-corrected chi connectivity index (χ4v) is 3.40. The first-order chi connectivity index (χ1) is 11.3. The van der Waals surface area contributed by atoms with Crippen LogP contribution < -0.4 is 4.74 Å². The molecule has 0 fully saturated rings. The Morgan fingerprint density at radius 1 is 1.13 bits per heavy atom. The molecule has 0 N–H and O–H groups in total. The largest absolute Gasteiger partial charge is 0.493 e. The first-order valence-corrected chi connectivity index (χ1v) is 8.61. The van der Waals surface area contributed by atoms with Gasteiger partial charge in [0.05, 0.1) is 6.61 Å². The molecule has 1 aliphatic rings. The number of ether oxygens (including phenoxy) is 1. The van der Waals surface area contributed by atoms with Gasteiger partial charge < -0.3 is 9.15 Å². The van der Waals surface area contributed by atoms with Gasteiger partial charge in [0, 0.05) is 22.8 Å². The monoisotopic (exact) mass is 344 g/mol. The average Bonchev–Trinajstić information content (AvgIpc) is 3.21. The van der Waals surface area contributed by atoms with Gasteiger partial charge >= 0.3 is 0 Å². The van der Waals surface area contributed by atoms with Crippen molar-refractivity contribution in [2.24, 2.45) is 0 Å². The molecular weight excluding hydrogens is 332 g/mol. The Morgan fingerprint density at radius 3 is 3.00 bits per heavy atom. The van der Waals surface area contributed by atoms with Crippen LogP contribution in [0.3, 0.4) is 0 Å². The zero-order valence-electron chi connectivity index (χ0n) is 12.2. The van der Waals surface area contributed by atoms with E-state index in [1.165, 1.54) is 17.3 Å². The molecule has 0 unspecified atom stereocenters. The average molecular weight is 345 g/mol. The second-order valence-corrected chi connectivity index (χ2v) is 6.58. The first-order valence-electron chi connectivity index (χ1n) is 7.25. The number of rotatable bonds is 4. The second kappa shape index (κ2) is 6.26. The van der Waals surface area contributed by atoms with Gasteiger partial charge in [-0.05, 0) is 41.5 Å². The zero-order valence-corrected chi connectivity index (χ0v) is 13.7. The number of hydrogen-bond acceptors (Lipinski definition) is 5. The number of aromatic nitrogens is 2. The van der Waals surface area contributed by atoms with Crippen molar-refractivity contribution >= 4 is 23.4 Å². The molecule has 2 aromatic carbocycles. The molecule has 0 radical (unpaired) electrons. The van der Waals surface area contributed by atoms with Crippen LogP contribution in [0.1, 0.15) is 11.1 Å². The molecule has 4 rings (SSSR count). The van der Waals surface area contributed by atoms with Gasteiger partial charge in [-0.2, -0.15) is 0 Å². The predicted molar refractivity (Wildman–Crippen MR) is 89.9 cm³/mol. The predicted octanol–water partition coefficient (Wildman–Crippen LogP) is 4.62. The lowest BCUT2D eigenvalue weighted by Crippen LogP contribution is -1.85. The molecule has 116 valence electrons. The fourth-order valence-electron chi connectivity index (χ4n) is 2.48. The van der Waals surface area contributed by atoms with E-state index in [0.29, 0.717) is 11.1 Å². The summed E-state index contributed by atoms with van der Waals surface area (Å²) in [4.78, 5) is 0. The topological polar surface area (TPSA) is 48.2 Å². The van der Waals surface area contributed by atoms with Crippen LogP contribution in [0.4, 0.5) is 0 Å². The highest BCUT2D eigenvalue weighted by Gasteiger charge is 2.15. The van der Waals surface area contributed by atoms with Crippen molar-refractivity contribution in [3.63, 3.8) is 0 Å². The van der Waals surface area contributed by atoms with Crippen LogP contribution in [0.2, 0.25) is 5.02 Å². The van der Waals surface area contributed by atoms with Crippen LogP contribution >= 0.6 is 23.4 Å². The Bertz CT molecular complexity index is 850. The van der Waals surface area contributed by atoms with Crippen LogP contribution in [0.5, 0.6) is 5.75 Å². The van der Waals surface area contributed by atoms with Crippen LogP contribution in [0.25, 0.3) is 11.5 Å². The number of nitrogens with zero attached hydrogens (tertiary/aromatic N) is 2. The summed E-state index contributed by atoms with van der Waals surface area (Å²) in [6, 6.07) is 13.7. The van der Waals surface area contributed by atoms with E-state index in [4.69, 9.17) is 20.8 Å². The van der Waals surface area contributed by atoms with Crippen LogP contribution in [0.15, 0.2) is 52.1 Å². The lowest BCUT2D eigenvalue weighted by molar-refractivity contribution is 0.357. The highest BCUT2D eigenvalue weighted by atomic mass is 35.5. The van der Waals surface area contributed by atoms with E-state index in [2.05, 4.69) is 16.3 Å². The van der Waals surface area contributed by atoms with Gasteiger partial charge in [0.1, 0.15) is 5.75 Å². The third kappa shape index (κ3) is 3.21. The summed E-state index contributed by atoms with van der Waals surface area (Å²) in [6.45, 7) is 0.739. The summed E-state index contributed by atoms with van der Waals surface area (Å²) < 4.78 is 11.3. The molecule has 0 bridgehead atoms. The third-order valence-electron chi connectivity index (χ3n) is 3.59. The Kier molecular flexibility index (Phi) is 3.97. The van der Waals surface area contributed by atoms with Gasteiger partial charge in [-0.3, -0.25) is 0 Å². The molecule has 0 aliphatic carbocycles. The number of hydrogen-bond donors (Lipinski definition) is 0. The Hall–Kier alpha value is -1.98. The molecule has 23 heavy (non-hydrogen) atoms. The normalized spacial score (nSPS) is 12.9. The van der Waals surface area contributed by atoms with Gasteiger partial charge in [-0.15, -0.1) is 10.2 Å². The van der Waals surface area contributed by atoms with E-state index < -0.39 is 0 Å². The molecule has 0 amide bonds. The maximum absolute atomic E-state index is 5.99.